The van der Waals surface area contributed by atoms with Crippen LogP contribution in [0.15, 0.2) is 18.2 Å². The van der Waals surface area contributed by atoms with Gasteiger partial charge >= 0.3 is 0 Å². The van der Waals surface area contributed by atoms with E-state index in [1.54, 1.807) is 6.07 Å². The van der Waals surface area contributed by atoms with Gasteiger partial charge in [0.25, 0.3) is 0 Å². The molecule has 16 heavy (non-hydrogen) atoms. The molecule has 0 radical (unpaired) electrons. The molecule has 0 aliphatic heterocycles. The summed E-state index contributed by atoms with van der Waals surface area (Å²) >= 11 is 11.0. The lowest BCUT2D eigenvalue weighted by Crippen LogP contribution is -2.38. The van der Waals surface area contributed by atoms with E-state index in [4.69, 9.17) is 35.0 Å². The number of halogens is 1. The summed E-state index contributed by atoms with van der Waals surface area (Å²) in [6.07, 6.45) is 0.839. The zero-order valence-electron chi connectivity index (χ0n) is 8.80. The molecule has 1 rings (SSSR count). The van der Waals surface area contributed by atoms with Crippen LogP contribution in [0.3, 0.4) is 0 Å². The third-order valence-electron chi connectivity index (χ3n) is 1.97. The van der Waals surface area contributed by atoms with Crippen molar-refractivity contribution in [1.29, 1.82) is 5.41 Å². The fourth-order valence-electron chi connectivity index (χ4n) is 1.27. The van der Waals surface area contributed by atoms with Crippen LogP contribution in [0.2, 0.25) is 5.02 Å². The highest BCUT2D eigenvalue weighted by Gasteiger charge is 2.07. The molecule has 0 aliphatic carbocycles. The first kappa shape index (κ1) is 12.7. The molecule has 0 atom stereocenters. The lowest BCUT2D eigenvalue weighted by Gasteiger charge is -2.13. The molecule has 1 aromatic rings. The zero-order chi connectivity index (χ0) is 12.1. The predicted molar refractivity (Wildman–Crippen MR) is 72.1 cm³/mol. The predicted octanol–water partition coefficient (Wildman–Crippen LogP) is 2.08. The second-order valence-corrected chi connectivity index (χ2v) is 3.94. The minimum Gasteiger partial charge on any atom is -0.370 e. The van der Waals surface area contributed by atoms with Crippen LogP contribution >= 0.6 is 23.8 Å². The fraction of sp³-hybridized carbons (Fsp3) is 0.200. The quantitative estimate of drug-likeness (QED) is 0.371. The average Bonchev–Trinajstić information content (AvgIpc) is 2.20. The minimum absolute atomic E-state index is 0.206. The van der Waals surface area contributed by atoms with Crippen LogP contribution in [-0.4, -0.2) is 11.1 Å². The van der Waals surface area contributed by atoms with Crippen molar-refractivity contribution in [3.05, 3.63) is 28.8 Å². The number of guanidine groups is 1. The number of rotatable bonds is 2. The third kappa shape index (κ3) is 3.36. The summed E-state index contributed by atoms with van der Waals surface area (Å²) in [7, 11) is 0. The number of aryl methyl sites for hydroxylation is 1. The van der Waals surface area contributed by atoms with Crippen LogP contribution in [0.5, 0.6) is 0 Å². The Morgan fingerprint density at radius 3 is 2.81 bits per heavy atom. The van der Waals surface area contributed by atoms with Crippen LogP contribution < -0.4 is 16.4 Å². The van der Waals surface area contributed by atoms with Crippen LogP contribution in [0, 0.1) is 5.41 Å². The van der Waals surface area contributed by atoms with E-state index >= 15 is 0 Å². The second-order valence-electron chi connectivity index (χ2n) is 3.12. The van der Waals surface area contributed by atoms with Gasteiger partial charge in [-0.2, -0.15) is 0 Å². The molecule has 0 saturated carbocycles. The highest BCUT2D eigenvalue weighted by molar-refractivity contribution is 7.80. The molecule has 0 amide bonds. The summed E-state index contributed by atoms with van der Waals surface area (Å²) in [4.78, 5) is 0. The molecule has 0 spiro atoms. The Bertz CT molecular complexity index is 419. The van der Waals surface area contributed by atoms with Gasteiger partial charge in [-0.15, -0.1) is 0 Å². The maximum absolute atomic E-state index is 7.05. The Hall–Kier alpha value is -1.33. The fourth-order valence-corrected chi connectivity index (χ4v) is 1.72. The van der Waals surface area contributed by atoms with E-state index in [9.17, 15) is 0 Å². The SMILES string of the molecule is CCc1cccc(Cl)c1NC(=S)NC(=N)N. The van der Waals surface area contributed by atoms with E-state index < -0.39 is 0 Å². The highest BCUT2D eigenvalue weighted by atomic mass is 35.5. The number of hydrogen-bond donors (Lipinski definition) is 4. The van der Waals surface area contributed by atoms with E-state index in [0.29, 0.717) is 5.02 Å². The summed E-state index contributed by atoms with van der Waals surface area (Å²) in [5, 5.41) is 13.3. The Balaban J connectivity index is 2.87. The van der Waals surface area contributed by atoms with Crippen molar-refractivity contribution in [1.82, 2.24) is 5.32 Å². The Labute approximate surface area is 105 Å². The van der Waals surface area contributed by atoms with Crippen LogP contribution in [0.1, 0.15) is 12.5 Å². The first-order chi connectivity index (χ1) is 7.54. The van der Waals surface area contributed by atoms with E-state index in [2.05, 4.69) is 10.6 Å². The smallest absolute Gasteiger partial charge is 0.192 e. The summed E-state index contributed by atoms with van der Waals surface area (Å²) in [6.45, 7) is 2.03. The van der Waals surface area contributed by atoms with Gasteiger partial charge in [0, 0.05) is 0 Å². The number of hydrogen-bond acceptors (Lipinski definition) is 2. The van der Waals surface area contributed by atoms with E-state index in [1.807, 2.05) is 19.1 Å². The van der Waals surface area contributed by atoms with Crippen LogP contribution in [0.4, 0.5) is 5.69 Å². The van der Waals surface area contributed by atoms with Gasteiger partial charge in [-0.05, 0) is 30.3 Å². The molecule has 0 aliphatic rings. The second kappa shape index (κ2) is 5.67. The largest absolute Gasteiger partial charge is 0.370 e. The highest BCUT2D eigenvalue weighted by Crippen LogP contribution is 2.26. The van der Waals surface area contributed by atoms with Gasteiger partial charge in [0.05, 0.1) is 10.7 Å². The molecule has 0 unspecified atom stereocenters. The molecule has 86 valence electrons. The lowest BCUT2D eigenvalue weighted by atomic mass is 10.1. The van der Waals surface area contributed by atoms with Gasteiger partial charge in [0.2, 0.25) is 0 Å². The first-order valence-electron chi connectivity index (χ1n) is 4.74. The van der Waals surface area contributed by atoms with Crippen molar-refractivity contribution in [2.45, 2.75) is 13.3 Å². The van der Waals surface area contributed by atoms with Gasteiger partial charge < -0.3 is 16.4 Å². The molecular weight excluding hydrogens is 244 g/mol. The van der Waals surface area contributed by atoms with Crippen LogP contribution in [-0.2, 0) is 6.42 Å². The molecule has 0 aromatic heterocycles. The van der Waals surface area contributed by atoms with E-state index in [0.717, 1.165) is 17.7 Å². The van der Waals surface area contributed by atoms with Gasteiger partial charge in [-0.25, -0.2) is 0 Å². The molecule has 0 saturated heterocycles. The van der Waals surface area contributed by atoms with Crippen molar-refractivity contribution in [3.63, 3.8) is 0 Å². The molecule has 1 aromatic carbocycles. The van der Waals surface area contributed by atoms with Crippen molar-refractivity contribution < 1.29 is 0 Å². The molecule has 5 N–H and O–H groups in total. The topological polar surface area (TPSA) is 73.9 Å². The number of nitrogens with one attached hydrogen (secondary N) is 3. The summed E-state index contributed by atoms with van der Waals surface area (Å²) in [6, 6.07) is 5.62. The number of anilines is 1. The van der Waals surface area contributed by atoms with Gasteiger partial charge in [-0.3, -0.25) is 5.41 Å². The van der Waals surface area contributed by atoms with Gasteiger partial charge in [0.15, 0.2) is 11.1 Å². The molecule has 0 heterocycles. The maximum atomic E-state index is 7.05. The third-order valence-corrected chi connectivity index (χ3v) is 2.49. The summed E-state index contributed by atoms with van der Waals surface area (Å²) in [5.41, 5.74) is 6.98. The standard InChI is InChI=1S/C10H13ClN4S/c1-2-6-4-3-5-7(11)8(6)14-10(16)15-9(12)13/h3-5H,2H2,1H3,(H5,12,13,14,15,16). The number of benzene rings is 1. The maximum Gasteiger partial charge on any atom is 0.192 e. The first-order valence-corrected chi connectivity index (χ1v) is 5.52. The van der Waals surface area contributed by atoms with Gasteiger partial charge in [0.1, 0.15) is 0 Å². The molecule has 0 fully saturated rings. The van der Waals surface area contributed by atoms with Crippen LogP contribution in [0.25, 0.3) is 0 Å². The normalized spacial score (nSPS) is 9.62. The van der Waals surface area contributed by atoms with Crippen molar-refractivity contribution >= 4 is 40.6 Å². The lowest BCUT2D eigenvalue weighted by molar-refractivity contribution is 1.14. The zero-order valence-corrected chi connectivity index (χ0v) is 10.4. The summed E-state index contributed by atoms with van der Waals surface area (Å²) in [5.74, 6) is -0.206. The Kier molecular flexibility index (Phi) is 4.52. The number of thiocarbonyl (C=S) groups is 1. The Morgan fingerprint density at radius 1 is 1.56 bits per heavy atom. The van der Waals surface area contributed by atoms with Gasteiger partial charge in [-0.1, -0.05) is 30.7 Å². The number of nitrogens with two attached hydrogens (primary N) is 1. The minimum atomic E-state index is -0.206. The Morgan fingerprint density at radius 2 is 2.25 bits per heavy atom. The van der Waals surface area contributed by atoms with Crippen molar-refractivity contribution in [2.24, 2.45) is 5.73 Å². The van der Waals surface area contributed by atoms with E-state index in [1.165, 1.54) is 0 Å². The molecule has 4 nitrogen and oxygen atoms in total. The summed E-state index contributed by atoms with van der Waals surface area (Å²) < 4.78 is 0. The number of para-hydroxylation sites is 1. The molecule has 6 heteroatoms. The average molecular weight is 257 g/mol. The van der Waals surface area contributed by atoms with Crippen molar-refractivity contribution in [3.8, 4) is 0 Å². The van der Waals surface area contributed by atoms with E-state index in [-0.39, 0.29) is 11.1 Å². The van der Waals surface area contributed by atoms with Crippen molar-refractivity contribution in [2.75, 3.05) is 5.32 Å². The monoisotopic (exact) mass is 256 g/mol. The molecular formula is C10H13ClN4S. The molecule has 0 bridgehead atoms.